The molecule has 1 aromatic carbocycles. The van der Waals surface area contributed by atoms with Gasteiger partial charge in [0.1, 0.15) is 17.3 Å². The SMILES string of the molecule is COCCN1C(=O)C(=O)/C(=C(/O)c2ccc(OC)cc2OC)C1c1sccc1C. The van der Waals surface area contributed by atoms with Crippen LogP contribution >= 0.6 is 11.3 Å². The van der Waals surface area contributed by atoms with Crippen LogP contribution in [-0.2, 0) is 14.3 Å². The van der Waals surface area contributed by atoms with Gasteiger partial charge in [-0.1, -0.05) is 0 Å². The molecule has 7 nitrogen and oxygen atoms in total. The maximum atomic E-state index is 12.9. The van der Waals surface area contributed by atoms with E-state index in [1.54, 1.807) is 18.2 Å². The van der Waals surface area contributed by atoms with Gasteiger partial charge in [0.15, 0.2) is 0 Å². The molecule has 29 heavy (non-hydrogen) atoms. The van der Waals surface area contributed by atoms with Gasteiger partial charge in [-0.25, -0.2) is 0 Å². The van der Waals surface area contributed by atoms with Gasteiger partial charge >= 0.3 is 0 Å². The van der Waals surface area contributed by atoms with Gasteiger partial charge in [0, 0.05) is 24.6 Å². The van der Waals surface area contributed by atoms with Crippen molar-refractivity contribution in [3.63, 3.8) is 0 Å². The van der Waals surface area contributed by atoms with Crippen molar-refractivity contribution in [2.45, 2.75) is 13.0 Å². The van der Waals surface area contributed by atoms with Gasteiger partial charge in [0.05, 0.1) is 38.0 Å². The fourth-order valence-electron chi connectivity index (χ4n) is 3.38. The van der Waals surface area contributed by atoms with Crippen molar-refractivity contribution in [1.29, 1.82) is 0 Å². The third-order valence-electron chi connectivity index (χ3n) is 4.89. The normalized spacial score (nSPS) is 18.3. The molecule has 0 spiro atoms. The highest BCUT2D eigenvalue weighted by molar-refractivity contribution is 7.10. The van der Waals surface area contributed by atoms with E-state index in [4.69, 9.17) is 14.2 Å². The molecule has 0 aliphatic carbocycles. The topological polar surface area (TPSA) is 85.3 Å². The molecule has 1 aliphatic rings. The number of hydrogen-bond acceptors (Lipinski definition) is 7. The summed E-state index contributed by atoms with van der Waals surface area (Å²) in [6.07, 6.45) is 0. The molecular formula is C21H23NO6S. The minimum atomic E-state index is -0.728. The monoisotopic (exact) mass is 417 g/mol. The number of rotatable bonds is 7. The molecule has 1 aliphatic heterocycles. The quantitative estimate of drug-likeness (QED) is 0.423. The number of carbonyl (C=O) groups is 2. The van der Waals surface area contributed by atoms with Gasteiger partial charge in [-0.05, 0) is 36.1 Å². The summed E-state index contributed by atoms with van der Waals surface area (Å²) < 4.78 is 15.7. The van der Waals surface area contributed by atoms with Crippen LogP contribution in [0.2, 0.25) is 0 Å². The van der Waals surface area contributed by atoms with Crippen molar-refractivity contribution in [3.05, 3.63) is 51.2 Å². The number of methoxy groups -OCH3 is 3. The van der Waals surface area contributed by atoms with Gasteiger partial charge in [0.25, 0.3) is 11.7 Å². The zero-order valence-electron chi connectivity index (χ0n) is 16.7. The van der Waals surface area contributed by atoms with Crippen LogP contribution in [0.5, 0.6) is 11.5 Å². The molecule has 1 atom stereocenters. The second kappa shape index (κ2) is 8.67. The number of amides is 1. The zero-order chi connectivity index (χ0) is 21.1. The van der Waals surface area contributed by atoms with Crippen molar-refractivity contribution in [1.82, 2.24) is 4.90 Å². The molecule has 1 aromatic heterocycles. The molecule has 2 aromatic rings. The number of benzene rings is 1. The van der Waals surface area contributed by atoms with E-state index in [9.17, 15) is 14.7 Å². The highest BCUT2D eigenvalue weighted by Crippen LogP contribution is 2.43. The summed E-state index contributed by atoms with van der Waals surface area (Å²) in [6.45, 7) is 2.43. The predicted octanol–water partition coefficient (Wildman–Crippen LogP) is 3.14. The largest absolute Gasteiger partial charge is 0.507 e. The van der Waals surface area contributed by atoms with Gasteiger partial charge in [-0.15, -0.1) is 11.3 Å². The lowest BCUT2D eigenvalue weighted by atomic mass is 9.98. The Hall–Kier alpha value is -2.84. The molecule has 1 N–H and O–H groups in total. The van der Waals surface area contributed by atoms with E-state index >= 15 is 0 Å². The van der Waals surface area contributed by atoms with E-state index in [2.05, 4.69) is 0 Å². The Kier molecular flexibility index (Phi) is 6.24. The number of aryl methyl sites for hydroxylation is 1. The number of aliphatic hydroxyl groups excluding tert-OH is 1. The van der Waals surface area contributed by atoms with Crippen molar-refractivity contribution >= 4 is 28.8 Å². The Morgan fingerprint density at radius 1 is 1.17 bits per heavy atom. The average Bonchev–Trinajstić information content (AvgIpc) is 3.26. The Morgan fingerprint density at radius 2 is 1.93 bits per heavy atom. The van der Waals surface area contributed by atoms with Crippen LogP contribution in [0.15, 0.2) is 35.2 Å². The van der Waals surface area contributed by atoms with Crippen LogP contribution < -0.4 is 9.47 Å². The number of carbonyl (C=O) groups excluding carboxylic acids is 2. The maximum absolute atomic E-state index is 12.9. The van der Waals surface area contributed by atoms with Gasteiger partial charge in [-0.2, -0.15) is 0 Å². The van der Waals surface area contributed by atoms with Crippen molar-refractivity contribution in [2.75, 3.05) is 34.5 Å². The van der Waals surface area contributed by atoms with E-state index < -0.39 is 17.7 Å². The minimum absolute atomic E-state index is 0.0418. The average molecular weight is 417 g/mol. The summed E-state index contributed by atoms with van der Waals surface area (Å²) in [5, 5.41) is 13.0. The Morgan fingerprint density at radius 3 is 2.52 bits per heavy atom. The number of nitrogens with zero attached hydrogens (tertiary/aromatic N) is 1. The number of thiophene rings is 1. The van der Waals surface area contributed by atoms with Crippen LogP contribution in [0, 0.1) is 6.92 Å². The second-order valence-electron chi connectivity index (χ2n) is 6.52. The number of ketones is 1. The van der Waals surface area contributed by atoms with E-state index in [1.807, 2.05) is 18.4 Å². The molecule has 0 bridgehead atoms. The van der Waals surface area contributed by atoms with E-state index in [0.29, 0.717) is 17.1 Å². The first-order valence-electron chi connectivity index (χ1n) is 8.98. The highest BCUT2D eigenvalue weighted by Gasteiger charge is 2.47. The van der Waals surface area contributed by atoms with Crippen LogP contribution in [0.4, 0.5) is 0 Å². The molecule has 1 unspecified atom stereocenters. The molecule has 2 heterocycles. The standard InChI is InChI=1S/C21H23NO6S/c1-12-7-10-29-20(12)17-16(19(24)21(25)22(17)8-9-26-2)18(23)14-6-5-13(27-3)11-15(14)28-4/h5-7,10-11,17,23H,8-9H2,1-4H3/b18-16+. The second-order valence-corrected chi connectivity index (χ2v) is 7.47. The van der Waals surface area contributed by atoms with E-state index in [-0.39, 0.29) is 24.5 Å². The lowest BCUT2D eigenvalue weighted by Gasteiger charge is -2.24. The predicted molar refractivity (Wildman–Crippen MR) is 109 cm³/mol. The Bertz CT molecular complexity index is 964. The highest BCUT2D eigenvalue weighted by atomic mass is 32.1. The van der Waals surface area contributed by atoms with Gasteiger partial charge < -0.3 is 24.2 Å². The number of aliphatic hydroxyl groups is 1. The summed E-state index contributed by atoms with van der Waals surface area (Å²) in [4.78, 5) is 28.0. The van der Waals surface area contributed by atoms with Crippen molar-refractivity contribution in [2.24, 2.45) is 0 Å². The number of ether oxygens (including phenoxy) is 3. The first-order chi connectivity index (χ1) is 13.9. The van der Waals surface area contributed by atoms with Crippen molar-refractivity contribution in [3.8, 4) is 11.5 Å². The fraction of sp³-hybridized carbons (Fsp3) is 0.333. The maximum Gasteiger partial charge on any atom is 0.295 e. The summed E-state index contributed by atoms with van der Waals surface area (Å²) in [5.41, 5.74) is 1.30. The first-order valence-corrected chi connectivity index (χ1v) is 9.86. The molecule has 154 valence electrons. The Labute approximate surface area is 173 Å². The molecule has 0 saturated carbocycles. The molecule has 3 rings (SSSR count). The summed E-state index contributed by atoms with van der Waals surface area (Å²) in [6, 6.07) is 6.11. The van der Waals surface area contributed by atoms with E-state index in [1.165, 1.54) is 37.6 Å². The van der Waals surface area contributed by atoms with Crippen LogP contribution in [0.3, 0.4) is 0 Å². The van der Waals surface area contributed by atoms with Crippen molar-refractivity contribution < 1.29 is 28.9 Å². The molecule has 8 heteroatoms. The van der Waals surface area contributed by atoms with E-state index in [0.717, 1.165) is 10.4 Å². The third kappa shape index (κ3) is 3.73. The third-order valence-corrected chi connectivity index (χ3v) is 5.96. The minimum Gasteiger partial charge on any atom is -0.507 e. The zero-order valence-corrected chi connectivity index (χ0v) is 17.5. The summed E-state index contributed by atoms with van der Waals surface area (Å²) >= 11 is 1.44. The van der Waals surface area contributed by atoms with Crippen LogP contribution in [-0.4, -0.2) is 56.2 Å². The molecule has 0 radical (unpaired) electrons. The first kappa shape index (κ1) is 20.9. The number of Topliss-reactive ketones (excluding diaryl/α,β-unsaturated/α-hetero) is 1. The number of likely N-dealkylation sites (tertiary alicyclic amines) is 1. The summed E-state index contributed by atoms with van der Waals surface area (Å²) in [5.74, 6) is -0.778. The van der Waals surface area contributed by atoms with Crippen LogP contribution in [0.1, 0.15) is 22.0 Å². The summed E-state index contributed by atoms with van der Waals surface area (Å²) in [7, 11) is 4.52. The fourth-order valence-corrected chi connectivity index (χ4v) is 4.42. The van der Waals surface area contributed by atoms with Crippen LogP contribution in [0.25, 0.3) is 5.76 Å². The molecular weight excluding hydrogens is 394 g/mol. The lowest BCUT2D eigenvalue weighted by Crippen LogP contribution is -2.32. The Balaban J connectivity index is 2.20. The molecule has 1 fully saturated rings. The van der Waals surface area contributed by atoms with Gasteiger partial charge in [-0.3, -0.25) is 9.59 Å². The lowest BCUT2D eigenvalue weighted by molar-refractivity contribution is -0.140. The van der Waals surface area contributed by atoms with Gasteiger partial charge in [0.2, 0.25) is 0 Å². The number of hydrogen-bond donors (Lipinski definition) is 1. The molecule has 1 saturated heterocycles. The molecule has 1 amide bonds. The smallest absolute Gasteiger partial charge is 0.295 e.